The zero-order chi connectivity index (χ0) is 17.1. The first-order valence-corrected chi connectivity index (χ1v) is 9.92. The normalized spacial score (nSPS) is 24.8. The lowest BCUT2D eigenvalue weighted by atomic mass is 9.98. The van der Waals surface area contributed by atoms with E-state index < -0.39 is 0 Å². The lowest BCUT2D eigenvalue weighted by molar-refractivity contribution is -0.133. The van der Waals surface area contributed by atoms with Gasteiger partial charge in [-0.1, -0.05) is 13.8 Å². The van der Waals surface area contributed by atoms with Crippen molar-refractivity contribution in [2.24, 2.45) is 28.7 Å². The van der Waals surface area contributed by atoms with Crippen LogP contribution in [0.2, 0.25) is 0 Å². The van der Waals surface area contributed by atoms with Crippen LogP contribution in [0.1, 0.15) is 52.9 Å². The molecule has 2 aliphatic carbocycles. The smallest absolute Gasteiger partial charge is 0.225 e. The number of hydrogen-bond donors (Lipinski definition) is 2. The maximum absolute atomic E-state index is 12.1. The third kappa shape index (κ3) is 4.64. The highest BCUT2D eigenvalue weighted by Crippen LogP contribution is 2.49. The molecule has 3 aliphatic rings. The molecule has 2 N–H and O–H groups in total. The van der Waals surface area contributed by atoms with E-state index in [-0.39, 0.29) is 11.8 Å². The van der Waals surface area contributed by atoms with Crippen LogP contribution < -0.4 is 10.6 Å². The Morgan fingerprint density at radius 1 is 1.17 bits per heavy atom. The Morgan fingerprint density at radius 3 is 2.38 bits per heavy atom. The van der Waals surface area contributed by atoms with Gasteiger partial charge in [-0.25, -0.2) is 0 Å². The van der Waals surface area contributed by atoms with Gasteiger partial charge in [-0.3, -0.25) is 9.79 Å². The van der Waals surface area contributed by atoms with E-state index in [1.54, 1.807) is 0 Å². The number of rotatable bonds is 7. The molecular weight excluding hydrogens is 300 g/mol. The molecule has 1 saturated heterocycles. The second kappa shape index (κ2) is 7.75. The van der Waals surface area contributed by atoms with Gasteiger partial charge in [-0.15, -0.1) is 0 Å². The predicted octanol–water partition coefficient (Wildman–Crippen LogP) is 2.23. The fourth-order valence-corrected chi connectivity index (χ4v) is 3.89. The van der Waals surface area contributed by atoms with Gasteiger partial charge >= 0.3 is 0 Å². The number of guanidine groups is 1. The summed E-state index contributed by atoms with van der Waals surface area (Å²) in [4.78, 5) is 19.0. The van der Waals surface area contributed by atoms with Crippen molar-refractivity contribution in [3.63, 3.8) is 0 Å². The summed E-state index contributed by atoms with van der Waals surface area (Å²) in [5, 5.41) is 6.95. The summed E-state index contributed by atoms with van der Waals surface area (Å²) in [6.45, 7) is 9.57. The quantitative estimate of drug-likeness (QED) is 0.554. The standard InChI is InChI=1S/C19H34N4O/c1-4-20-19(21-11-17(14-5-6-14)15-7-8-15)22-16-9-10-23(12-16)18(24)13(2)3/h13-17H,4-12H2,1-3H3,(H2,20,21,22). The Labute approximate surface area is 146 Å². The zero-order valence-electron chi connectivity index (χ0n) is 15.6. The maximum Gasteiger partial charge on any atom is 0.225 e. The first kappa shape index (κ1) is 17.6. The number of amides is 1. The number of likely N-dealkylation sites (tertiary alicyclic amines) is 1. The van der Waals surface area contributed by atoms with E-state index in [1.165, 1.54) is 25.7 Å². The Balaban J connectivity index is 1.52. The molecule has 5 nitrogen and oxygen atoms in total. The minimum Gasteiger partial charge on any atom is -0.357 e. The Kier molecular flexibility index (Phi) is 5.67. The van der Waals surface area contributed by atoms with Crippen LogP contribution in [0.4, 0.5) is 0 Å². The van der Waals surface area contributed by atoms with Crippen LogP contribution in [0, 0.1) is 23.7 Å². The summed E-state index contributed by atoms with van der Waals surface area (Å²) in [6.07, 6.45) is 6.66. The van der Waals surface area contributed by atoms with Crippen molar-refractivity contribution in [1.82, 2.24) is 15.5 Å². The molecule has 5 heteroatoms. The summed E-state index contributed by atoms with van der Waals surface area (Å²) in [5.74, 6) is 3.98. The van der Waals surface area contributed by atoms with Crippen LogP contribution in [0.5, 0.6) is 0 Å². The van der Waals surface area contributed by atoms with Crippen molar-refractivity contribution >= 4 is 11.9 Å². The van der Waals surface area contributed by atoms with Gasteiger partial charge in [0.05, 0.1) is 0 Å². The minimum atomic E-state index is 0.0866. The van der Waals surface area contributed by atoms with E-state index in [9.17, 15) is 4.79 Å². The molecule has 2 saturated carbocycles. The van der Waals surface area contributed by atoms with Crippen molar-refractivity contribution in [2.75, 3.05) is 26.2 Å². The highest BCUT2D eigenvalue weighted by Gasteiger charge is 2.41. The molecule has 24 heavy (non-hydrogen) atoms. The molecule has 3 fully saturated rings. The molecule has 1 amide bonds. The topological polar surface area (TPSA) is 56.7 Å². The number of aliphatic imine (C=N–C) groups is 1. The molecule has 0 spiro atoms. The van der Waals surface area contributed by atoms with Crippen LogP contribution in [0.25, 0.3) is 0 Å². The van der Waals surface area contributed by atoms with E-state index >= 15 is 0 Å². The molecule has 136 valence electrons. The average molecular weight is 335 g/mol. The summed E-state index contributed by atoms with van der Waals surface area (Å²) >= 11 is 0. The van der Waals surface area contributed by atoms with Crippen LogP contribution in [0.3, 0.4) is 0 Å². The number of carbonyl (C=O) groups is 1. The van der Waals surface area contributed by atoms with E-state index in [0.29, 0.717) is 6.04 Å². The molecule has 1 heterocycles. The SMILES string of the molecule is CCNC(=NCC(C1CC1)C1CC1)NC1CCN(C(=O)C(C)C)C1. The predicted molar refractivity (Wildman–Crippen MR) is 97.9 cm³/mol. The first-order valence-electron chi connectivity index (χ1n) is 9.92. The third-order valence-corrected chi connectivity index (χ3v) is 5.59. The van der Waals surface area contributed by atoms with Gasteiger partial charge in [0.15, 0.2) is 5.96 Å². The van der Waals surface area contributed by atoms with Gasteiger partial charge in [0.1, 0.15) is 0 Å². The van der Waals surface area contributed by atoms with Gasteiger partial charge in [0.2, 0.25) is 5.91 Å². The van der Waals surface area contributed by atoms with Gasteiger partial charge < -0.3 is 15.5 Å². The summed E-state index contributed by atoms with van der Waals surface area (Å²) in [7, 11) is 0. The lowest BCUT2D eigenvalue weighted by Gasteiger charge is -2.21. The fourth-order valence-electron chi connectivity index (χ4n) is 3.89. The maximum atomic E-state index is 12.1. The van der Waals surface area contributed by atoms with Crippen molar-refractivity contribution in [2.45, 2.75) is 58.9 Å². The van der Waals surface area contributed by atoms with E-state index in [0.717, 1.165) is 56.3 Å². The van der Waals surface area contributed by atoms with Gasteiger partial charge in [-0.05, 0) is 56.8 Å². The van der Waals surface area contributed by atoms with Crippen LogP contribution in [-0.2, 0) is 4.79 Å². The fraction of sp³-hybridized carbons (Fsp3) is 0.895. The van der Waals surface area contributed by atoms with Crippen molar-refractivity contribution in [1.29, 1.82) is 0 Å². The molecule has 0 aromatic rings. The molecule has 0 aromatic heterocycles. The van der Waals surface area contributed by atoms with Gasteiger partial charge in [0.25, 0.3) is 0 Å². The van der Waals surface area contributed by atoms with Crippen LogP contribution in [-0.4, -0.2) is 49.0 Å². The Morgan fingerprint density at radius 2 is 1.83 bits per heavy atom. The van der Waals surface area contributed by atoms with Crippen LogP contribution in [0.15, 0.2) is 4.99 Å². The Bertz CT molecular complexity index is 456. The number of nitrogens with one attached hydrogen (secondary N) is 2. The van der Waals surface area contributed by atoms with E-state index in [4.69, 9.17) is 4.99 Å². The summed E-state index contributed by atoms with van der Waals surface area (Å²) < 4.78 is 0. The largest absolute Gasteiger partial charge is 0.357 e. The summed E-state index contributed by atoms with van der Waals surface area (Å²) in [5.41, 5.74) is 0. The number of hydrogen-bond acceptors (Lipinski definition) is 2. The van der Waals surface area contributed by atoms with E-state index in [2.05, 4.69) is 17.6 Å². The molecular formula is C19H34N4O. The number of carbonyl (C=O) groups excluding carboxylic acids is 1. The Hall–Kier alpha value is -1.26. The molecule has 0 bridgehead atoms. The molecule has 1 unspecified atom stereocenters. The molecule has 0 radical (unpaired) electrons. The van der Waals surface area contributed by atoms with Crippen molar-refractivity contribution < 1.29 is 4.79 Å². The molecule has 1 atom stereocenters. The minimum absolute atomic E-state index is 0.0866. The van der Waals surface area contributed by atoms with E-state index in [1.807, 2.05) is 18.7 Å². The molecule has 3 rings (SSSR count). The summed E-state index contributed by atoms with van der Waals surface area (Å²) in [6, 6.07) is 0.325. The van der Waals surface area contributed by atoms with Crippen molar-refractivity contribution in [3.8, 4) is 0 Å². The molecule has 0 aromatic carbocycles. The van der Waals surface area contributed by atoms with Crippen LogP contribution >= 0.6 is 0 Å². The number of nitrogens with zero attached hydrogens (tertiary/aromatic N) is 2. The molecule has 1 aliphatic heterocycles. The van der Waals surface area contributed by atoms with Gasteiger partial charge in [-0.2, -0.15) is 0 Å². The average Bonchev–Trinajstić information content (AvgIpc) is 3.47. The monoisotopic (exact) mass is 334 g/mol. The highest BCUT2D eigenvalue weighted by atomic mass is 16.2. The first-order chi connectivity index (χ1) is 11.6. The zero-order valence-corrected chi connectivity index (χ0v) is 15.6. The second-order valence-corrected chi connectivity index (χ2v) is 8.13. The van der Waals surface area contributed by atoms with Gasteiger partial charge in [0, 0.05) is 38.1 Å². The highest BCUT2D eigenvalue weighted by molar-refractivity contribution is 5.81. The third-order valence-electron chi connectivity index (χ3n) is 5.59. The second-order valence-electron chi connectivity index (χ2n) is 8.13. The van der Waals surface area contributed by atoms with Crippen molar-refractivity contribution in [3.05, 3.63) is 0 Å². The lowest BCUT2D eigenvalue weighted by Crippen LogP contribution is -2.45.